The first kappa shape index (κ1) is 11.7. The Kier molecular flexibility index (Phi) is 3.28. The number of fused-ring (bicyclic) bond motifs is 1. The fourth-order valence-electron chi connectivity index (χ4n) is 3.28. The van der Waals surface area contributed by atoms with E-state index in [9.17, 15) is 0 Å². The van der Waals surface area contributed by atoms with E-state index in [1.165, 1.54) is 36.6 Å². The van der Waals surface area contributed by atoms with Crippen LogP contribution < -0.4 is 5.32 Å². The van der Waals surface area contributed by atoms with Crippen LogP contribution in [0.25, 0.3) is 10.9 Å². The third-order valence-electron chi connectivity index (χ3n) is 4.25. The molecule has 2 unspecified atom stereocenters. The lowest BCUT2D eigenvalue weighted by atomic mass is 9.93. The van der Waals surface area contributed by atoms with Crippen molar-refractivity contribution >= 4 is 10.9 Å². The van der Waals surface area contributed by atoms with Crippen molar-refractivity contribution in [2.75, 3.05) is 7.05 Å². The molecule has 2 aromatic rings. The highest BCUT2D eigenvalue weighted by Crippen LogP contribution is 2.30. The molecule has 0 amide bonds. The number of para-hydroxylation sites is 1. The van der Waals surface area contributed by atoms with Crippen LogP contribution in [0.4, 0.5) is 0 Å². The molecule has 0 radical (unpaired) electrons. The van der Waals surface area contributed by atoms with Crippen LogP contribution in [0.1, 0.15) is 24.8 Å². The third kappa shape index (κ3) is 2.13. The molecule has 1 N–H and O–H groups in total. The van der Waals surface area contributed by atoms with Gasteiger partial charge in [0.2, 0.25) is 0 Å². The highest BCUT2D eigenvalue weighted by molar-refractivity contribution is 5.81. The topological polar surface area (TPSA) is 24.9 Å². The number of hydrogen-bond donors (Lipinski definition) is 1. The van der Waals surface area contributed by atoms with Crippen molar-refractivity contribution < 1.29 is 0 Å². The van der Waals surface area contributed by atoms with E-state index in [4.69, 9.17) is 0 Å². The Hall–Kier alpha value is -1.41. The first-order chi connectivity index (χ1) is 8.88. The zero-order chi connectivity index (χ0) is 12.4. The van der Waals surface area contributed by atoms with E-state index in [0.717, 1.165) is 11.4 Å². The molecule has 0 aliphatic heterocycles. The summed E-state index contributed by atoms with van der Waals surface area (Å²) in [7, 11) is 2.09. The number of hydrogen-bond acceptors (Lipinski definition) is 2. The molecule has 1 heterocycles. The Morgan fingerprint density at radius 3 is 3.00 bits per heavy atom. The molecule has 18 heavy (non-hydrogen) atoms. The summed E-state index contributed by atoms with van der Waals surface area (Å²) in [5, 5.41) is 4.79. The van der Waals surface area contributed by atoms with E-state index in [2.05, 4.69) is 47.7 Å². The van der Waals surface area contributed by atoms with Gasteiger partial charge in [-0.1, -0.05) is 24.6 Å². The molecular formula is C16H20N2. The molecule has 0 bridgehead atoms. The molecule has 3 rings (SSSR count). The van der Waals surface area contributed by atoms with Gasteiger partial charge in [0.15, 0.2) is 0 Å². The molecule has 94 valence electrons. The Morgan fingerprint density at radius 1 is 1.22 bits per heavy atom. The van der Waals surface area contributed by atoms with Crippen molar-refractivity contribution in [3.05, 3.63) is 42.1 Å². The van der Waals surface area contributed by atoms with Gasteiger partial charge >= 0.3 is 0 Å². The van der Waals surface area contributed by atoms with E-state index >= 15 is 0 Å². The van der Waals surface area contributed by atoms with Crippen molar-refractivity contribution in [1.82, 2.24) is 10.3 Å². The van der Waals surface area contributed by atoms with Gasteiger partial charge in [0.05, 0.1) is 5.52 Å². The number of aromatic nitrogens is 1. The lowest BCUT2D eigenvalue weighted by molar-refractivity contribution is 0.424. The minimum absolute atomic E-state index is 0.692. The molecule has 1 aromatic heterocycles. The number of nitrogens with zero attached hydrogens (tertiary/aromatic N) is 1. The quantitative estimate of drug-likeness (QED) is 0.891. The normalized spacial score (nSPS) is 23.6. The molecule has 2 nitrogen and oxygen atoms in total. The van der Waals surface area contributed by atoms with Crippen LogP contribution in [0.15, 0.2) is 36.5 Å². The molecule has 1 aliphatic rings. The second-order valence-electron chi connectivity index (χ2n) is 5.28. The zero-order valence-corrected chi connectivity index (χ0v) is 10.9. The molecule has 0 saturated heterocycles. The van der Waals surface area contributed by atoms with Crippen molar-refractivity contribution in [2.45, 2.75) is 31.7 Å². The summed E-state index contributed by atoms with van der Waals surface area (Å²) >= 11 is 0. The molecule has 2 heteroatoms. The molecule has 0 spiro atoms. The summed E-state index contributed by atoms with van der Waals surface area (Å²) in [5.41, 5.74) is 2.57. The third-order valence-corrected chi connectivity index (χ3v) is 4.25. The molecule has 2 atom stereocenters. The van der Waals surface area contributed by atoms with Crippen LogP contribution in [0.3, 0.4) is 0 Å². The highest BCUT2D eigenvalue weighted by Gasteiger charge is 2.26. The monoisotopic (exact) mass is 240 g/mol. The molecule has 1 saturated carbocycles. The van der Waals surface area contributed by atoms with Crippen LogP contribution in [-0.4, -0.2) is 18.1 Å². The van der Waals surface area contributed by atoms with Crippen LogP contribution in [0.5, 0.6) is 0 Å². The van der Waals surface area contributed by atoms with Crippen molar-refractivity contribution in [3.63, 3.8) is 0 Å². The van der Waals surface area contributed by atoms with Crippen LogP contribution in [0.2, 0.25) is 0 Å². The second-order valence-corrected chi connectivity index (χ2v) is 5.28. The predicted octanol–water partition coefficient (Wildman–Crippen LogP) is 3.17. The van der Waals surface area contributed by atoms with Crippen molar-refractivity contribution in [2.24, 2.45) is 5.92 Å². The van der Waals surface area contributed by atoms with E-state index in [-0.39, 0.29) is 0 Å². The van der Waals surface area contributed by atoms with E-state index in [1.54, 1.807) is 0 Å². The Morgan fingerprint density at radius 2 is 2.11 bits per heavy atom. The summed E-state index contributed by atoms with van der Waals surface area (Å²) in [6, 6.07) is 11.3. The largest absolute Gasteiger partial charge is 0.317 e. The van der Waals surface area contributed by atoms with Gasteiger partial charge in [0, 0.05) is 17.6 Å². The van der Waals surface area contributed by atoms with Gasteiger partial charge < -0.3 is 5.32 Å². The average Bonchev–Trinajstić information content (AvgIpc) is 2.86. The van der Waals surface area contributed by atoms with Crippen LogP contribution in [0, 0.1) is 5.92 Å². The van der Waals surface area contributed by atoms with Gasteiger partial charge in [0.25, 0.3) is 0 Å². The summed E-state index contributed by atoms with van der Waals surface area (Å²) < 4.78 is 0. The van der Waals surface area contributed by atoms with Gasteiger partial charge in [0.1, 0.15) is 0 Å². The van der Waals surface area contributed by atoms with E-state index in [0.29, 0.717) is 6.04 Å². The van der Waals surface area contributed by atoms with Crippen molar-refractivity contribution in [1.29, 1.82) is 0 Å². The van der Waals surface area contributed by atoms with E-state index < -0.39 is 0 Å². The highest BCUT2D eigenvalue weighted by atomic mass is 14.9. The first-order valence-corrected chi connectivity index (χ1v) is 6.88. The maximum Gasteiger partial charge on any atom is 0.0704 e. The average molecular weight is 240 g/mol. The fraction of sp³-hybridized carbons (Fsp3) is 0.438. The van der Waals surface area contributed by atoms with Gasteiger partial charge in [-0.2, -0.15) is 0 Å². The smallest absolute Gasteiger partial charge is 0.0704 e. The van der Waals surface area contributed by atoms with Gasteiger partial charge in [-0.05, 0) is 49.9 Å². The minimum atomic E-state index is 0.692. The molecule has 1 aliphatic carbocycles. The second kappa shape index (κ2) is 5.07. The Balaban J connectivity index is 1.90. The SMILES string of the molecule is CNC1CCCC1Cc1ccnc2ccccc12. The number of rotatable bonds is 3. The van der Waals surface area contributed by atoms with Crippen LogP contribution in [-0.2, 0) is 6.42 Å². The van der Waals surface area contributed by atoms with E-state index in [1.807, 2.05) is 6.20 Å². The lowest BCUT2D eigenvalue weighted by Gasteiger charge is -2.19. The maximum absolute atomic E-state index is 4.44. The number of pyridine rings is 1. The molecule has 1 fully saturated rings. The number of benzene rings is 1. The fourth-order valence-corrected chi connectivity index (χ4v) is 3.28. The predicted molar refractivity (Wildman–Crippen MR) is 75.6 cm³/mol. The first-order valence-electron chi connectivity index (χ1n) is 6.88. The lowest BCUT2D eigenvalue weighted by Crippen LogP contribution is -2.30. The van der Waals surface area contributed by atoms with Crippen LogP contribution >= 0.6 is 0 Å². The van der Waals surface area contributed by atoms with Gasteiger partial charge in [-0.15, -0.1) is 0 Å². The standard InChI is InChI=1S/C16H20N2/c1-17-15-8-4-5-13(15)11-12-9-10-18-16-7-3-2-6-14(12)16/h2-3,6-7,9-10,13,15,17H,4-5,8,11H2,1H3. The van der Waals surface area contributed by atoms with Gasteiger partial charge in [-0.25, -0.2) is 0 Å². The summed E-state index contributed by atoms with van der Waals surface area (Å²) in [5.74, 6) is 0.779. The van der Waals surface area contributed by atoms with Gasteiger partial charge in [-0.3, -0.25) is 4.98 Å². The molecule has 1 aromatic carbocycles. The Bertz CT molecular complexity index is 530. The maximum atomic E-state index is 4.44. The summed E-state index contributed by atoms with van der Waals surface area (Å²) in [6.07, 6.45) is 7.15. The van der Waals surface area contributed by atoms with Crippen molar-refractivity contribution in [3.8, 4) is 0 Å². The molecular weight excluding hydrogens is 220 g/mol. The Labute approximate surface area is 108 Å². The summed E-state index contributed by atoms with van der Waals surface area (Å²) in [6.45, 7) is 0. The zero-order valence-electron chi connectivity index (χ0n) is 10.9. The minimum Gasteiger partial charge on any atom is -0.317 e. The number of nitrogens with one attached hydrogen (secondary N) is 1. The summed E-state index contributed by atoms with van der Waals surface area (Å²) in [4.78, 5) is 4.44.